The number of hydrogen-bond acceptors (Lipinski definition) is 4. The third-order valence-corrected chi connectivity index (χ3v) is 3.92. The van der Waals surface area contributed by atoms with Crippen molar-refractivity contribution < 1.29 is 9.53 Å². The Hall–Kier alpha value is -2.68. The molecule has 0 saturated carbocycles. The van der Waals surface area contributed by atoms with Crippen molar-refractivity contribution in [2.45, 2.75) is 6.92 Å². The third-order valence-electron chi connectivity index (χ3n) is 3.29. The molecule has 2 N–H and O–H groups in total. The Bertz CT molecular complexity index is 853. The lowest BCUT2D eigenvalue weighted by Crippen LogP contribution is -2.15. The van der Waals surface area contributed by atoms with Crippen molar-refractivity contribution in [1.82, 2.24) is 0 Å². The molecule has 0 fully saturated rings. The van der Waals surface area contributed by atoms with Crippen LogP contribution in [0.15, 0.2) is 48.2 Å². The molecule has 0 aromatic heterocycles. The van der Waals surface area contributed by atoms with Gasteiger partial charge in [0.15, 0.2) is 0 Å². The third kappa shape index (κ3) is 4.66. The summed E-state index contributed by atoms with van der Waals surface area (Å²) in [7, 11) is 1.50. The highest BCUT2D eigenvalue weighted by atomic mass is 35.5. The molecule has 0 aliphatic rings. The second kappa shape index (κ2) is 8.43. The Morgan fingerprint density at radius 2 is 1.92 bits per heavy atom. The summed E-state index contributed by atoms with van der Waals surface area (Å²) in [5.74, 6) is -0.0829. The standard InChI is InChI=1S/C18H15Cl2N3O2/c1-11-6-7-16(25-2)15(8-11)23-18(24)12(9-21)10-22-17-13(19)4-3-5-14(17)20/h3-8,10,22H,1-2H3,(H,23,24)/b12-10-. The van der Waals surface area contributed by atoms with Gasteiger partial charge in [-0.15, -0.1) is 0 Å². The van der Waals surface area contributed by atoms with E-state index in [1.54, 1.807) is 30.3 Å². The number of benzene rings is 2. The Morgan fingerprint density at radius 3 is 2.52 bits per heavy atom. The maximum absolute atomic E-state index is 12.4. The smallest absolute Gasteiger partial charge is 0.267 e. The number of nitrogens with zero attached hydrogens (tertiary/aromatic N) is 1. The minimum absolute atomic E-state index is 0.139. The van der Waals surface area contributed by atoms with Gasteiger partial charge in [0.05, 0.1) is 28.5 Å². The molecule has 0 aliphatic heterocycles. The monoisotopic (exact) mass is 375 g/mol. The molecule has 0 atom stereocenters. The van der Waals surface area contributed by atoms with Crippen LogP contribution in [0.25, 0.3) is 0 Å². The van der Waals surface area contributed by atoms with Crippen LogP contribution in [-0.2, 0) is 4.79 Å². The summed E-state index contributed by atoms with van der Waals surface area (Å²) in [6.07, 6.45) is 1.25. The van der Waals surface area contributed by atoms with Gasteiger partial charge in [-0.1, -0.05) is 35.3 Å². The van der Waals surface area contributed by atoms with Gasteiger partial charge in [0, 0.05) is 6.20 Å². The highest BCUT2D eigenvalue weighted by molar-refractivity contribution is 6.39. The fourth-order valence-corrected chi connectivity index (χ4v) is 2.54. The molecule has 5 nitrogen and oxygen atoms in total. The maximum Gasteiger partial charge on any atom is 0.267 e. The zero-order chi connectivity index (χ0) is 18.4. The van der Waals surface area contributed by atoms with E-state index in [0.717, 1.165) is 5.56 Å². The highest BCUT2D eigenvalue weighted by Crippen LogP contribution is 2.30. The number of nitrogens with one attached hydrogen (secondary N) is 2. The first-order valence-electron chi connectivity index (χ1n) is 7.23. The fraction of sp³-hybridized carbons (Fsp3) is 0.111. The number of ether oxygens (including phenoxy) is 1. The summed E-state index contributed by atoms with van der Waals surface area (Å²) >= 11 is 12.1. The van der Waals surface area contributed by atoms with Crippen molar-refractivity contribution in [3.8, 4) is 11.8 Å². The first-order valence-corrected chi connectivity index (χ1v) is 7.98. The van der Waals surface area contributed by atoms with Crippen LogP contribution in [0.2, 0.25) is 10.0 Å². The Kier molecular flexibility index (Phi) is 6.29. The number of para-hydroxylation sites is 1. The molecule has 0 heterocycles. The zero-order valence-corrected chi connectivity index (χ0v) is 15.1. The lowest BCUT2D eigenvalue weighted by molar-refractivity contribution is -0.112. The second-order valence-electron chi connectivity index (χ2n) is 5.07. The largest absolute Gasteiger partial charge is 0.495 e. The number of hydrogen-bond donors (Lipinski definition) is 2. The van der Waals surface area contributed by atoms with Crippen LogP contribution in [0.4, 0.5) is 11.4 Å². The first kappa shape index (κ1) is 18.7. The molecule has 7 heteroatoms. The van der Waals surface area contributed by atoms with Crippen molar-refractivity contribution >= 4 is 40.5 Å². The summed E-state index contributed by atoms with van der Waals surface area (Å²) in [5.41, 5.74) is 1.70. The Balaban J connectivity index is 2.22. The lowest BCUT2D eigenvalue weighted by Gasteiger charge is -2.11. The molecule has 2 rings (SSSR count). The minimum Gasteiger partial charge on any atom is -0.495 e. The Labute approximate surface area is 155 Å². The van der Waals surface area contributed by atoms with Gasteiger partial charge in [-0.05, 0) is 36.8 Å². The van der Waals surface area contributed by atoms with Crippen LogP contribution in [-0.4, -0.2) is 13.0 Å². The van der Waals surface area contributed by atoms with E-state index in [9.17, 15) is 10.1 Å². The topological polar surface area (TPSA) is 74.1 Å². The van der Waals surface area contributed by atoms with Crippen LogP contribution >= 0.6 is 23.2 Å². The molecule has 2 aromatic carbocycles. The average molecular weight is 376 g/mol. The summed E-state index contributed by atoms with van der Waals surface area (Å²) in [5, 5.41) is 15.5. The van der Waals surface area contributed by atoms with Crippen molar-refractivity contribution in [2.24, 2.45) is 0 Å². The number of carbonyl (C=O) groups excluding carboxylic acids is 1. The van der Waals surface area contributed by atoms with Crippen molar-refractivity contribution in [3.05, 3.63) is 63.8 Å². The lowest BCUT2D eigenvalue weighted by atomic mass is 10.2. The molecule has 0 unspecified atom stereocenters. The van der Waals surface area contributed by atoms with E-state index in [1.807, 2.05) is 19.1 Å². The molecule has 25 heavy (non-hydrogen) atoms. The number of nitriles is 1. The molecule has 0 radical (unpaired) electrons. The summed E-state index contributed by atoms with van der Waals surface area (Å²) in [4.78, 5) is 12.4. The molecule has 1 amide bonds. The predicted octanol–water partition coefficient (Wildman–Crippen LogP) is 4.77. The van der Waals surface area contributed by atoms with E-state index >= 15 is 0 Å². The van der Waals surface area contributed by atoms with Gasteiger partial charge in [-0.3, -0.25) is 4.79 Å². The molecular formula is C18H15Cl2N3O2. The zero-order valence-electron chi connectivity index (χ0n) is 13.6. The SMILES string of the molecule is COc1ccc(C)cc1NC(=O)/C(C#N)=C\Nc1c(Cl)cccc1Cl. The average Bonchev–Trinajstić information content (AvgIpc) is 2.58. The number of amides is 1. The maximum atomic E-state index is 12.4. The van der Waals surface area contributed by atoms with Gasteiger partial charge in [-0.2, -0.15) is 5.26 Å². The van der Waals surface area contributed by atoms with Gasteiger partial charge >= 0.3 is 0 Å². The number of halogens is 2. The van der Waals surface area contributed by atoms with Gasteiger partial charge in [-0.25, -0.2) is 0 Å². The first-order chi connectivity index (χ1) is 12.0. The van der Waals surface area contributed by atoms with Crippen LogP contribution in [0.1, 0.15) is 5.56 Å². The van der Waals surface area contributed by atoms with Crippen LogP contribution in [0, 0.1) is 18.3 Å². The van der Waals surface area contributed by atoms with E-state index in [4.69, 9.17) is 27.9 Å². The van der Waals surface area contributed by atoms with Gasteiger partial charge in [0.25, 0.3) is 5.91 Å². The molecule has 0 saturated heterocycles. The van der Waals surface area contributed by atoms with Crippen LogP contribution < -0.4 is 15.4 Å². The van der Waals surface area contributed by atoms with E-state index in [1.165, 1.54) is 13.3 Å². The summed E-state index contributed by atoms with van der Waals surface area (Å²) in [6, 6.07) is 12.2. The van der Waals surface area contributed by atoms with Crippen molar-refractivity contribution in [3.63, 3.8) is 0 Å². The van der Waals surface area contributed by atoms with E-state index in [2.05, 4.69) is 10.6 Å². The molecule has 128 valence electrons. The number of methoxy groups -OCH3 is 1. The number of rotatable bonds is 5. The van der Waals surface area contributed by atoms with Gasteiger partial charge in [0.2, 0.25) is 0 Å². The Morgan fingerprint density at radius 1 is 1.24 bits per heavy atom. The number of aryl methyl sites for hydroxylation is 1. The normalized spacial score (nSPS) is 10.8. The van der Waals surface area contributed by atoms with Crippen LogP contribution in [0.5, 0.6) is 5.75 Å². The molecule has 0 bridgehead atoms. The fourth-order valence-electron chi connectivity index (χ4n) is 2.04. The highest BCUT2D eigenvalue weighted by Gasteiger charge is 2.13. The number of anilines is 2. The molecule has 0 spiro atoms. The molecular weight excluding hydrogens is 361 g/mol. The minimum atomic E-state index is -0.581. The van der Waals surface area contributed by atoms with Gasteiger partial charge in [0.1, 0.15) is 17.4 Å². The summed E-state index contributed by atoms with van der Waals surface area (Å²) in [6.45, 7) is 1.89. The predicted molar refractivity (Wildman–Crippen MR) is 100 cm³/mol. The molecule has 2 aromatic rings. The van der Waals surface area contributed by atoms with E-state index < -0.39 is 5.91 Å². The second-order valence-corrected chi connectivity index (χ2v) is 5.88. The quantitative estimate of drug-likeness (QED) is 0.582. The molecule has 0 aliphatic carbocycles. The van der Waals surface area contributed by atoms with E-state index in [0.29, 0.717) is 27.2 Å². The van der Waals surface area contributed by atoms with Crippen molar-refractivity contribution in [2.75, 3.05) is 17.7 Å². The van der Waals surface area contributed by atoms with E-state index in [-0.39, 0.29) is 5.57 Å². The van der Waals surface area contributed by atoms with Gasteiger partial charge < -0.3 is 15.4 Å². The number of carbonyl (C=O) groups is 1. The summed E-state index contributed by atoms with van der Waals surface area (Å²) < 4.78 is 5.21. The van der Waals surface area contributed by atoms with Crippen molar-refractivity contribution in [1.29, 1.82) is 5.26 Å². The van der Waals surface area contributed by atoms with Crippen LogP contribution in [0.3, 0.4) is 0 Å².